The van der Waals surface area contributed by atoms with E-state index in [2.05, 4.69) is 5.32 Å². The van der Waals surface area contributed by atoms with Gasteiger partial charge >= 0.3 is 10.2 Å². The molecule has 2 heterocycles. The number of rotatable bonds is 6. The van der Waals surface area contributed by atoms with Gasteiger partial charge in [-0.25, -0.2) is 3.97 Å². The van der Waals surface area contributed by atoms with E-state index in [0.29, 0.717) is 35.1 Å². The SMILES string of the molecule is CN(C)S(=O)(=O)n1cc(/C=C(\NC(=O)c2ccccc2)C(=O)N2CCCC2)c2ccccc21. The molecule has 172 valence electrons. The first-order valence-electron chi connectivity index (χ1n) is 10.7. The number of aromatic nitrogens is 1. The molecule has 0 aliphatic carbocycles. The van der Waals surface area contributed by atoms with Crippen molar-refractivity contribution in [2.45, 2.75) is 12.8 Å². The van der Waals surface area contributed by atoms with Gasteiger partial charge in [0.2, 0.25) is 0 Å². The Kier molecular flexibility index (Phi) is 6.35. The number of fused-ring (bicyclic) bond motifs is 1. The van der Waals surface area contributed by atoms with Crippen LogP contribution >= 0.6 is 0 Å². The molecule has 3 aromatic rings. The van der Waals surface area contributed by atoms with Crippen molar-refractivity contribution in [1.82, 2.24) is 18.5 Å². The monoisotopic (exact) mass is 466 g/mol. The summed E-state index contributed by atoms with van der Waals surface area (Å²) in [6, 6.07) is 15.7. The minimum Gasteiger partial charge on any atom is -0.337 e. The summed E-state index contributed by atoms with van der Waals surface area (Å²) in [5, 5.41) is 3.41. The molecule has 0 bridgehead atoms. The summed E-state index contributed by atoms with van der Waals surface area (Å²) in [6.45, 7) is 1.24. The largest absolute Gasteiger partial charge is 0.337 e. The first-order valence-corrected chi connectivity index (χ1v) is 12.1. The zero-order chi connectivity index (χ0) is 23.6. The third kappa shape index (κ3) is 4.55. The Morgan fingerprint density at radius 3 is 2.27 bits per heavy atom. The molecule has 0 radical (unpaired) electrons. The van der Waals surface area contributed by atoms with Crippen LogP contribution in [0, 0.1) is 0 Å². The van der Waals surface area contributed by atoms with Crippen LogP contribution in [0.25, 0.3) is 17.0 Å². The highest BCUT2D eigenvalue weighted by molar-refractivity contribution is 7.87. The lowest BCUT2D eigenvalue weighted by molar-refractivity contribution is -0.126. The van der Waals surface area contributed by atoms with Crippen LogP contribution in [0.4, 0.5) is 0 Å². The molecular formula is C24H26N4O4S. The Morgan fingerprint density at radius 2 is 1.61 bits per heavy atom. The lowest BCUT2D eigenvalue weighted by atomic mass is 10.1. The number of likely N-dealkylation sites (tertiary alicyclic amines) is 1. The molecule has 1 aromatic heterocycles. The standard InChI is InChI=1S/C24H26N4O4S/c1-26(2)33(31,32)28-17-19(20-12-6-7-13-22(20)28)16-21(24(30)27-14-8-9-15-27)25-23(29)18-10-4-3-5-11-18/h3-7,10-13,16-17H,8-9,14-15H2,1-2H3,(H,25,29)/b21-16-. The molecule has 0 unspecified atom stereocenters. The molecule has 0 spiro atoms. The lowest BCUT2D eigenvalue weighted by Gasteiger charge is -2.18. The van der Waals surface area contributed by atoms with E-state index < -0.39 is 16.1 Å². The van der Waals surface area contributed by atoms with E-state index in [4.69, 9.17) is 0 Å². The van der Waals surface area contributed by atoms with Crippen LogP contribution < -0.4 is 5.32 Å². The minimum atomic E-state index is -3.78. The molecule has 1 saturated heterocycles. The van der Waals surface area contributed by atoms with Crippen LogP contribution in [0.5, 0.6) is 0 Å². The van der Waals surface area contributed by atoms with E-state index in [1.165, 1.54) is 24.3 Å². The summed E-state index contributed by atoms with van der Waals surface area (Å²) < 4.78 is 28.1. The second-order valence-electron chi connectivity index (χ2n) is 8.07. The Balaban J connectivity index is 1.82. The van der Waals surface area contributed by atoms with Gasteiger partial charge in [-0.3, -0.25) is 9.59 Å². The average molecular weight is 467 g/mol. The van der Waals surface area contributed by atoms with Gasteiger partial charge in [-0.1, -0.05) is 36.4 Å². The predicted octanol–water partition coefficient (Wildman–Crippen LogP) is 2.69. The summed E-state index contributed by atoms with van der Waals surface area (Å²) in [4.78, 5) is 27.8. The Labute approximate surface area is 193 Å². The number of carbonyl (C=O) groups is 2. The summed E-state index contributed by atoms with van der Waals surface area (Å²) in [7, 11) is -0.862. The van der Waals surface area contributed by atoms with Crippen molar-refractivity contribution in [2.24, 2.45) is 0 Å². The van der Waals surface area contributed by atoms with Crippen molar-refractivity contribution in [1.29, 1.82) is 0 Å². The zero-order valence-electron chi connectivity index (χ0n) is 18.6. The number of amides is 2. The molecule has 0 saturated carbocycles. The van der Waals surface area contributed by atoms with Crippen molar-refractivity contribution in [3.8, 4) is 0 Å². The van der Waals surface area contributed by atoms with Gasteiger partial charge in [0, 0.05) is 49.9 Å². The number of nitrogens with one attached hydrogen (secondary N) is 1. The molecule has 8 nitrogen and oxygen atoms in total. The van der Waals surface area contributed by atoms with Gasteiger partial charge < -0.3 is 10.2 Å². The normalized spacial score (nSPS) is 14.8. The predicted molar refractivity (Wildman–Crippen MR) is 128 cm³/mol. The number of hydrogen-bond donors (Lipinski definition) is 1. The third-order valence-electron chi connectivity index (χ3n) is 5.63. The Bertz CT molecular complexity index is 1320. The fourth-order valence-corrected chi connectivity index (χ4v) is 4.84. The quantitative estimate of drug-likeness (QED) is 0.566. The maximum atomic E-state index is 13.3. The maximum Gasteiger partial charge on any atom is 0.307 e. The molecule has 9 heteroatoms. The zero-order valence-corrected chi connectivity index (χ0v) is 19.4. The summed E-state index contributed by atoms with van der Waals surface area (Å²) in [5.74, 6) is -0.692. The smallest absolute Gasteiger partial charge is 0.307 e. The number of nitrogens with zero attached hydrogens (tertiary/aromatic N) is 3. The van der Waals surface area contributed by atoms with E-state index in [1.807, 2.05) is 6.07 Å². The molecule has 1 N–H and O–H groups in total. The molecule has 0 atom stereocenters. The molecule has 1 aliphatic rings. The fraction of sp³-hybridized carbons (Fsp3) is 0.250. The summed E-state index contributed by atoms with van der Waals surface area (Å²) in [6.07, 6.45) is 4.86. The topological polar surface area (TPSA) is 91.7 Å². The van der Waals surface area contributed by atoms with Crippen LogP contribution in [-0.4, -0.2) is 60.6 Å². The number of carbonyl (C=O) groups excluding carboxylic acids is 2. The third-order valence-corrected chi connectivity index (χ3v) is 7.35. The van der Waals surface area contributed by atoms with E-state index in [9.17, 15) is 18.0 Å². The first kappa shape index (κ1) is 22.8. The molecule has 1 aliphatic heterocycles. The van der Waals surface area contributed by atoms with E-state index in [-0.39, 0.29) is 11.6 Å². The number of benzene rings is 2. The molecule has 2 aromatic carbocycles. The highest BCUT2D eigenvalue weighted by atomic mass is 32.2. The highest BCUT2D eigenvalue weighted by Crippen LogP contribution is 2.26. The number of hydrogen-bond acceptors (Lipinski definition) is 4. The van der Waals surface area contributed by atoms with Crippen molar-refractivity contribution in [3.05, 3.63) is 77.6 Å². The van der Waals surface area contributed by atoms with Crippen LogP contribution in [-0.2, 0) is 15.0 Å². The van der Waals surface area contributed by atoms with Crippen molar-refractivity contribution in [2.75, 3.05) is 27.2 Å². The van der Waals surface area contributed by atoms with Gasteiger partial charge in [0.1, 0.15) is 5.70 Å². The second-order valence-corrected chi connectivity index (χ2v) is 10.1. The highest BCUT2D eigenvalue weighted by Gasteiger charge is 2.25. The average Bonchev–Trinajstić information content (AvgIpc) is 3.48. The number of para-hydroxylation sites is 1. The summed E-state index contributed by atoms with van der Waals surface area (Å²) in [5.41, 5.74) is 1.54. The maximum absolute atomic E-state index is 13.3. The van der Waals surface area contributed by atoms with Crippen LogP contribution in [0.15, 0.2) is 66.5 Å². The van der Waals surface area contributed by atoms with Crippen molar-refractivity contribution in [3.63, 3.8) is 0 Å². The first-order chi connectivity index (χ1) is 15.8. The van der Waals surface area contributed by atoms with Gasteiger partial charge in [0.05, 0.1) is 5.52 Å². The van der Waals surface area contributed by atoms with Gasteiger partial charge in [-0.15, -0.1) is 0 Å². The van der Waals surface area contributed by atoms with E-state index >= 15 is 0 Å². The molecule has 33 heavy (non-hydrogen) atoms. The summed E-state index contributed by atoms with van der Waals surface area (Å²) >= 11 is 0. The Hall–Kier alpha value is -3.43. The minimum absolute atomic E-state index is 0.107. The van der Waals surface area contributed by atoms with Gasteiger partial charge in [0.25, 0.3) is 11.8 Å². The van der Waals surface area contributed by atoms with Crippen LogP contribution in [0.1, 0.15) is 28.8 Å². The van der Waals surface area contributed by atoms with Crippen molar-refractivity contribution < 1.29 is 18.0 Å². The molecule has 2 amide bonds. The van der Waals surface area contributed by atoms with Crippen LogP contribution in [0.2, 0.25) is 0 Å². The van der Waals surface area contributed by atoms with Gasteiger partial charge in [0.15, 0.2) is 0 Å². The van der Waals surface area contributed by atoms with Gasteiger partial charge in [-0.2, -0.15) is 12.7 Å². The molecule has 1 fully saturated rings. The van der Waals surface area contributed by atoms with Crippen LogP contribution in [0.3, 0.4) is 0 Å². The van der Waals surface area contributed by atoms with E-state index in [1.54, 1.807) is 59.5 Å². The van der Waals surface area contributed by atoms with Gasteiger partial charge in [-0.05, 0) is 37.1 Å². The lowest BCUT2D eigenvalue weighted by Crippen LogP contribution is -2.36. The molecular weight excluding hydrogens is 440 g/mol. The molecule has 4 rings (SSSR count). The van der Waals surface area contributed by atoms with E-state index in [0.717, 1.165) is 17.1 Å². The Morgan fingerprint density at radius 1 is 0.970 bits per heavy atom. The second kappa shape index (κ2) is 9.21. The van der Waals surface area contributed by atoms with Crippen molar-refractivity contribution >= 4 is 39.0 Å². The fourth-order valence-electron chi connectivity index (χ4n) is 3.84.